The molecule has 2 bridgehead atoms. The first-order chi connectivity index (χ1) is 15.1. The first-order valence-electron chi connectivity index (χ1n) is 12.1. The van der Waals surface area contributed by atoms with Gasteiger partial charge in [0, 0.05) is 6.42 Å². The number of esters is 1. The van der Waals surface area contributed by atoms with Gasteiger partial charge in [0.25, 0.3) is 8.32 Å². The molecule has 0 saturated carbocycles. The fraction of sp³-hybridized carbons (Fsp3) is 0.654. The Balaban J connectivity index is 2.06. The number of carbonyl (C=O) groups excluding carboxylic acids is 1. The highest BCUT2D eigenvalue weighted by Crippen LogP contribution is 2.44. The summed E-state index contributed by atoms with van der Waals surface area (Å²) in [5.74, 6) is 0.414. The minimum atomic E-state index is -2.27. The molecule has 3 rings (SSSR count). The third-order valence-corrected chi connectivity index (χ3v) is 13.3. The second-order valence-corrected chi connectivity index (χ2v) is 15.7. The Morgan fingerprint density at radius 3 is 2.31 bits per heavy atom. The van der Waals surface area contributed by atoms with Crippen LogP contribution in [0.1, 0.15) is 77.2 Å². The summed E-state index contributed by atoms with van der Waals surface area (Å²) < 4.78 is 18.5. The highest BCUT2D eigenvalue weighted by atomic mass is 28.4. The van der Waals surface area contributed by atoms with Crippen LogP contribution in [0.25, 0.3) is 0 Å². The molecule has 2 aliphatic heterocycles. The van der Waals surface area contributed by atoms with Crippen LogP contribution in [0.3, 0.4) is 0 Å². The number of carbonyl (C=O) groups is 1. The van der Waals surface area contributed by atoms with Crippen LogP contribution < -0.4 is 4.43 Å². The van der Waals surface area contributed by atoms with E-state index in [0.717, 1.165) is 12.0 Å². The Hall–Kier alpha value is -1.63. The third kappa shape index (κ3) is 4.82. The number of ether oxygens (including phenoxy) is 2. The van der Waals surface area contributed by atoms with E-state index in [9.17, 15) is 9.90 Å². The molecular weight excluding hydrogens is 420 g/mol. The monoisotopic (exact) mass is 460 g/mol. The molecule has 5 nitrogen and oxygen atoms in total. The van der Waals surface area contributed by atoms with Gasteiger partial charge in [-0.3, -0.25) is 0 Å². The number of fused-ring (bicyclic) bond motifs is 3. The molecule has 6 heteroatoms. The maximum Gasteiger partial charge on any atom is 0.342 e. The molecule has 0 aromatic heterocycles. The quantitative estimate of drug-likeness (QED) is 0.331. The van der Waals surface area contributed by atoms with Crippen LogP contribution in [0.4, 0.5) is 0 Å². The van der Waals surface area contributed by atoms with E-state index >= 15 is 0 Å². The van der Waals surface area contributed by atoms with Crippen LogP contribution in [0.2, 0.25) is 16.6 Å². The normalized spacial score (nSPS) is 27.7. The maximum absolute atomic E-state index is 13.5. The van der Waals surface area contributed by atoms with Gasteiger partial charge in [-0.1, -0.05) is 72.8 Å². The zero-order chi connectivity index (χ0) is 23.6. The van der Waals surface area contributed by atoms with Crippen molar-refractivity contribution in [2.45, 2.75) is 103 Å². The minimum absolute atomic E-state index is 0.124. The Morgan fingerprint density at radius 2 is 1.69 bits per heavy atom. The molecule has 0 unspecified atom stereocenters. The van der Waals surface area contributed by atoms with E-state index in [0.29, 0.717) is 40.8 Å². The lowest BCUT2D eigenvalue weighted by Crippen LogP contribution is -2.51. The lowest BCUT2D eigenvalue weighted by molar-refractivity contribution is -0.136. The number of benzene rings is 1. The van der Waals surface area contributed by atoms with Crippen molar-refractivity contribution in [1.82, 2.24) is 0 Å². The molecule has 2 heterocycles. The summed E-state index contributed by atoms with van der Waals surface area (Å²) >= 11 is 0. The van der Waals surface area contributed by atoms with Crippen molar-refractivity contribution < 1.29 is 23.8 Å². The first kappa shape index (κ1) is 25.0. The Kier molecular flexibility index (Phi) is 7.89. The molecule has 1 aromatic carbocycles. The summed E-state index contributed by atoms with van der Waals surface area (Å²) in [6.45, 7) is 15.5. The fourth-order valence-electron chi connectivity index (χ4n) is 5.62. The molecule has 4 atom stereocenters. The van der Waals surface area contributed by atoms with Crippen molar-refractivity contribution in [3.05, 3.63) is 41.5 Å². The van der Waals surface area contributed by atoms with Crippen molar-refractivity contribution in [2.24, 2.45) is 5.92 Å². The van der Waals surface area contributed by atoms with Crippen LogP contribution >= 0.6 is 0 Å². The van der Waals surface area contributed by atoms with E-state index < -0.39 is 26.7 Å². The predicted molar refractivity (Wildman–Crippen MR) is 129 cm³/mol. The highest BCUT2D eigenvalue weighted by Gasteiger charge is 2.48. The van der Waals surface area contributed by atoms with Crippen LogP contribution in [0, 0.1) is 5.92 Å². The smallest absolute Gasteiger partial charge is 0.342 e. The zero-order valence-corrected chi connectivity index (χ0v) is 21.6. The molecule has 32 heavy (non-hydrogen) atoms. The number of aliphatic hydroxyl groups excluding tert-OH is 1. The van der Waals surface area contributed by atoms with Crippen LogP contribution in [0.5, 0.6) is 5.75 Å². The Morgan fingerprint density at radius 1 is 1.03 bits per heavy atom. The number of hydrogen-bond donors (Lipinski definition) is 1. The lowest BCUT2D eigenvalue weighted by atomic mass is 9.96. The molecule has 1 fully saturated rings. The van der Waals surface area contributed by atoms with Crippen LogP contribution in [-0.2, 0) is 15.9 Å². The molecule has 1 N–H and O–H groups in total. The van der Waals surface area contributed by atoms with Gasteiger partial charge in [-0.2, -0.15) is 0 Å². The summed E-state index contributed by atoms with van der Waals surface area (Å²) in [4.78, 5) is 13.5. The van der Waals surface area contributed by atoms with E-state index in [1.54, 1.807) is 0 Å². The van der Waals surface area contributed by atoms with Crippen molar-refractivity contribution >= 4 is 14.3 Å². The Labute approximate surface area is 194 Å². The SMILES string of the molecule is CC(C)[Si](Oc1cccc2c1C(=O)O[C@H]1C[C@H](O[C@H]1O)[C@H](C)C/C=C/C2)(C(C)C)C(C)C. The summed E-state index contributed by atoms with van der Waals surface area (Å²) in [7, 11) is -2.27. The number of rotatable bonds is 5. The molecule has 0 radical (unpaired) electrons. The second-order valence-electron chi connectivity index (χ2n) is 10.3. The van der Waals surface area contributed by atoms with Gasteiger partial charge >= 0.3 is 5.97 Å². The van der Waals surface area contributed by atoms with E-state index in [1.165, 1.54) is 0 Å². The Bertz CT molecular complexity index is 810. The summed E-state index contributed by atoms with van der Waals surface area (Å²) in [5.41, 5.74) is 2.52. The average molecular weight is 461 g/mol. The molecule has 0 spiro atoms. The number of allylic oxidation sites excluding steroid dienone is 2. The van der Waals surface area contributed by atoms with E-state index in [1.807, 2.05) is 18.2 Å². The summed E-state index contributed by atoms with van der Waals surface area (Å²) in [5, 5.41) is 10.4. The van der Waals surface area contributed by atoms with E-state index in [2.05, 4.69) is 60.6 Å². The van der Waals surface area contributed by atoms with Gasteiger partial charge in [-0.15, -0.1) is 0 Å². The van der Waals surface area contributed by atoms with Gasteiger partial charge in [-0.05, 0) is 47.0 Å². The molecule has 2 aliphatic rings. The van der Waals surface area contributed by atoms with Crippen molar-refractivity contribution in [1.29, 1.82) is 0 Å². The van der Waals surface area contributed by atoms with Gasteiger partial charge in [0.05, 0.1) is 6.10 Å². The molecular formula is C26H40O5Si. The molecule has 1 saturated heterocycles. The summed E-state index contributed by atoms with van der Waals surface area (Å²) in [6.07, 6.45) is 4.36. The standard InChI is InChI=1S/C26H40O5Si/c1-16(2)32(17(3)4,18(5)6)31-21-14-10-13-20-12-9-8-11-19(7)22-15-23(25(27)29-22)30-26(28)24(20)21/h8-10,13-14,16-19,22-23,25,27H,11-12,15H2,1-7H3/b9-8+/t19-,22+,23+,25-/m1/s1. The van der Waals surface area contributed by atoms with E-state index in [4.69, 9.17) is 13.9 Å². The van der Waals surface area contributed by atoms with Crippen molar-refractivity contribution in [3.63, 3.8) is 0 Å². The third-order valence-electron chi connectivity index (χ3n) is 7.31. The summed E-state index contributed by atoms with van der Waals surface area (Å²) in [6, 6.07) is 5.83. The van der Waals surface area contributed by atoms with Crippen molar-refractivity contribution in [3.8, 4) is 5.75 Å². The number of aliphatic hydroxyl groups is 1. The van der Waals surface area contributed by atoms with Crippen LogP contribution in [0.15, 0.2) is 30.4 Å². The van der Waals surface area contributed by atoms with Crippen LogP contribution in [-0.4, -0.2) is 37.9 Å². The van der Waals surface area contributed by atoms with Crippen molar-refractivity contribution in [2.75, 3.05) is 0 Å². The second kappa shape index (κ2) is 10.1. The molecule has 0 aliphatic carbocycles. The highest BCUT2D eigenvalue weighted by molar-refractivity contribution is 6.78. The average Bonchev–Trinajstić information content (AvgIpc) is 3.08. The van der Waals surface area contributed by atoms with Gasteiger partial charge in [0.1, 0.15) is 11.3 Å². The van der Waals surface area contributed by atoms with Gasteiger partial charge in [0.2, 0.25) is 0 Å². The maximum atomic E-state index is 13.5. The molecule has 0 amide bonds. The zero-order valence-electron chi connectivity index (χ0n) is 20.6. The van der Waals surface area contributed by atoms with E-state index in [-0.39, 0.29) is 12.0 Å². The minimum Gasteiger partial charge on any atom is -0.542 e. The topological polar surface area (TPSA) is 65.0 Å². The van der Waals surface area contributed by atoms with Gasteiger partial charge in [0.15, 0.2) is 12.4 Å². The lowest BCUT2D eigenvalue weighted by Gasteiger charge is -2.42. The molecule has 178 valence electrons. The largest absolute Gasteiger partial charge is 0.542 e. The predicted octanol–water partition coefficient (Wildman–Crippen LogP) is 6.01. The van der Waals surface area contributed by atoms with Gasteiger partial charge in [-0.25, -0.2) is 4.79 Å². The van der Waals surface area contributed by atoms with Gasteiger partial charge < -0.3 is 19.0 Å². The first-order valence-corrected chi connectivity index (χ1v) is 14.2. The fourth-order valence-corrected chi connectivity index (χ4v) is 10.9. The number of hydrogen-bond acceptors (Lipinski definition) is 5. The molecule has 1 aromatic rings.